The number of hydrogen-bond donors (Lipinski definition) is 1. The predicted molar refractivity (Wildman–Crippen MR) is 72.0 cm³/mol. The van der Waals surface area contributed by atoms with Gasteiger partial charge in [0.05, 0.1) is 17.2 Å². The zero-order valence-electron chi connectivity index (χ0n) is 10.3. The second-order valence-corrected chi connectivity index (χ2v) is 5.63. The summed E-state index contributed by atoms with van der Waals surface area (Å²) in [5.74, 6) is 0.771. The molecule has 3 rings (SSSR count). The highest BCUT2D eigenvalue weighted by atomic mass is 35.5. The minimum Gasteiger partial charge on any atom is -0.304 e. The summed E-state index contributed by atoms with van der Waals surface area (Å²) in [5.41, 5.74) is 1.59. The second-order valence-electron chi connectivity index (χ2n) is 5.24. The lowest BCUT2D eigenvalue weighted by atomic mass is 9.87. The fourth-order valence-electron chi connectivity index (χ4n) is 2.86. The molecule has 5 heteroatoms. The number of aromatic amines is 1. The molecule has 0 aromatic carbocycles. The van der Waals surface area contributed by atoms with Gasteiger partial charge >= 0.3 is 5.69 Å². The molecule has 1 N–H and O–H groups in total. The number of pyridine rings is 1. The van der Waals surface area contributed by atoms with Gasteiger partial charge in [0.2, 0.25) is 0 Å². The van der Waals surface area contributed by atoms with Crippen molar-refractivity contribution in [2.24, 2.45) is 5.92 Å². The van der Waals surface area contributed by atoms with Gasteiger partial charge in [-0.25, -0.2) is 9.78 Å². The highest BCUT2D eigenvalue weighted by Gasteiger charge is 2.22. The number of halogens is 1. The molecular formula is C13H16ClN3O. The average molecular weight is 266 g/mol. The van der Waals surface area contributed by atoms with E-state index in [1.807, 2.05) is 4.57 Å². The van der Waals surface area contributed by atoms with Crippen LogP contribution in [0.15, 0.2) is 17.1 Å². The standard InChI is InChI=1S/C13H16ClN3O/c1-8-2-4-9(5-3-8)17-11-6-12(14)15-7-10(11)16-13(17)18/h6-9H,2-5H2,1H3,(H,16,18)/t8-,9-. The first-order chi connectivity index (χ1) is 8.65. The molecule has 0 amide bonds. The van der Waals surface area contributed by atoms with Crippen molar-refractivity contribution >= 4 is 22.6 Å². The molecule has 0 spiro atoms. The van der Waals surface area contributed by atoms with E-state index in [0.717, 1.165) is 29.8 Å². The lowest BCUT2D eigenvalue weighted by Crippen LogP contribution is -2.25. The second kappa shape index (κ2) is 4.43. The van der Waals surface area contributed by atoms with Crippen LogP contribution in [0.2, 0.25) is 5.15 Å². The van der Waals surface area contributed by atoms with Crippen LogP contribution in [0.4, 0.5) is 0 Å². The quantitative estimate of drug-likeness (QED) is 0.806. The Kier molecular flexibility index (Phi) is 2.90. The topological polar surface area (TPSA) is 50.7 Å². The Morgan fingerprint density at radius 1 is 1.39 bits per heavy atom. The van der Waals surface area contributed by atoms with E-state index in [-0.39, 0.29) is 5.69 Å². The number of hydrogen-bond acceptors (Lipinski definition) is 2. The van der Waals surface area contributed by atoms with Crippen LogP contribution in [0.1, 0.15) is 38.6 Å². The molecule has 2 aromatic rings. The van der Waals surface area contributed by atoms with Crippen LogP contribution in [-0.2, 0) is 0 Å². The summed E-state index contributed by atoms with van der Waals surface area (Å²) in [5, 5.41) is 0.430. The zero-order valence-corrected chi connectivity index (χ0v) is 11.1. The minimum atomic E-state index is -0.0476. The number of H-pyrrole nitrogens is 1. The summed E-state index contributed by atoms with van der Waals surface area (Å²) in [6.07, 6.45) is 6.12. The highest BCUT2D eigenvalue weighted by molar-refractivity contribution is 6.29. The first kappa shape index (κ1) is 11.8. The van der Waals surface area contributed by atoms with Crippen molar-refractivity contribution in [2.75, 3.05) is 0 Å². The Morgan fingerprint density at radius 2 is 2.11 bits per heavy atom. The van der Waals surface area contributed by atoms with E-state index in [1.165, 1.54) is 12.8 Å². The van der Waals surface area contributed by atoms with Crippen LogP contribution in [0.5, 0.6) is 0 Å². The van der Waals surface area contributed by atoms with Crippen molar-refractivity contribution in [3.05, 3.63) is 27.9 Å². The third-order valence-corrected chi connectivity index (χ3v) is 4.13. The van der Waals surface area contributed by atoms with Crippen LogP contribution in [0, 0.1) is 5.92 Å². The molecule has 96 valence electrons. The van der Waals surface area contributed by atoms with E-state index in [9.17, 15) is 4.79 Å². The Labute approximate surface area is 110 Å². The van der Waals surface area contributed by atoms with Gasteiger partial charge in [0.1, 0.15) is 5.15 Å². The molecule has 2 heterocycles. The van der Waals surface area contributed by atoms with Gasteiger partial charge in [0, 0.05) is 12.1 Å². The monoisotopic (exact) mass is 265 g/mol. The molecule has 1 fully saturated rings. The SMILES string of the molecule is C[C@H]1CC[C@H](n2c(=O)[nH]c3cnc(Cl)cc32)CC1. The Bertz CT molecular complexity index is 623. The molecule has 18 heavy (non-hydrogen) atoms. The van der Waals surface area contributed by atoms with Crippen LogP contribution in [0.25, 0.3) is 11.0 Å². The van der Waals surface area contributed by atoms with Crippen molar-refractivity contribution in [2.45, 2.75) is 38.6 Å². The van der Waals surface area contributed by atoms with Crippen LogP contribution in [0.3, 0.4) is 0 Å². The molecule has 0 atom stereocenters. The molecule has 1 aliphatic carbocycles. The van der Waals surface area contributed by atoms with E-state index in [0.29, 0.717) is 11.2 Å². The van der Waals surface area contributed by atoms with Crippen LogP contribution in [-0.4, -0.2) is 14.5 Å². The molecular weight excluding hydrogens is 250 g/mol. The Morgan fingerprint density at radius 3 is 2.83 bits per heavy atom. The largest absolute Gasteiger partial charge is 0.326 e. The Balaban J connectivity index is 2.08. The van der Waals surface area contributed by atoms with Gasteiger partial charge in [-0.2, -0.15) is 0 Å². The lowest BCUT2D eigenvalue weighted by Gasteiger charge is -2.27. The number of nitrogens with one attached hydrogen (secondary N) is 1. The predicted octanol–water partition coefficient (Wildman–Crippen LogP) is 3.13. The molecule has 1 saturated carbocycles. The van der Waals surface area contributed by atoms with Gasteiger partial charge in [0.25, 0.3) is 0 Å². The minimum absolute atomic E-state index is 0.0476. The van der Waals surface area contributed by atoms with Crippen molar-refractivity contribution in [3.63, 3.8) is 0 Å². The fourth-order valence-corrected chi connectivity index (χ4v) is 3.02. The fraction of sp³-hybridized carbons (Fsp3) is 0.538. The van der Waals surface area contributed by atoms with Gasteiger partial charge in [-0.3, -0.25) is 4.57 Å². The van der Waals surface area contributed by atoms with E-state index in [4.69, 9.17) is 11.6 Å². The van der Waals surface area contributed by atoms with E-state index < -0.39 is 0 Å². The summed E-state index contributed by atoms with van der Waals surface area (Å²) in [7, 11) is 0. The summed E-state index contributed by atoms with van der Waals surface area (Å²) < 4.78 is 1.86. The zero-order chi connectivity index (χ0) is 12.7. The van der Waals surface area contributed by atoms with Gasteiger partial charge in [0.15, 0.2) is 0 Å². The molecule has 0 unspecified atom stereocenters. The number of fused-ring (bicyclic) bond motifs is 1. The van der Waals surface area contributed by atoms with Gasteiger partial charge in [-0.1, -0.05) is 18.5 Å². The summed E-state index contributed by atoms with van der Waals surface area (Å²) in [6.45, 7) is 2.27. The van der Waals surface area contributed by atoms with E-state index in [2.05, 4.69) is 16.9 Å². The van der Waals surface area contributed by atoms with Crippen LogP contribution < -0.4 is 5.69 Å². The van der Waals surface area contributed by atoms with Gasteiger partial charge in [-0.05, 0) is 31.6 Å². The van der Waals surface area contributed by atoms with Crippen molar-refractivity contribution in [1.82, 2.24) is 14.5 Å². The number of rotatable bonds is 1. The van der Waals surface area contributed by atoms with E-state index >= 15 is 0 Å². The molecule has 1 aliphatic rings. The maximum absolute atomic E-state index is 12.1. The smallest absolute Gasteiger partial charge is 0.304 e. The third kappa shape index (κ3) is 1.94. The average Bonchev–Trinajstić information content (AvgIpc) is 2.66. The normalized spacial score (nSPS) is 24.6. The molecule has 4 nitrogen and oxygen atoms in total. The molecule has 0 bridgehead atoms. The first-order valence-electron chi connectivity index (χ1n) is 6.41. The number of nitrogens with zero attached hydrogens (tertiary/aromatic N) is 2. The number of imidazole rings is 1. The summed E-state index contributed by atoms with van der Waals surface area (Å²) >= 11 is 5.92. The molecule has 0 saturated heterocycles. The molecule has 2 aromatic heterocycles. The third-order valence-electron chi connectivity index (χ3n) is 3.92. The lowest BCUT2D eigenvalue weighted by molar-refractivity contribution is 0.290. The van der Waals surface area contributed by atoms with Gasteiger partial charge < -0.3 is 4.98 Å². The Hall–Kier alpha value is -1.29. The van der Waals surface area contributed by atoms with Gasteiger partial charge in [-0.15, -0.1) is 0 Å². The van der Waals surface area contributed by atoms with E-state index in [1.54, 1.807) is 12.3 Å². The van der Waals surface area contributed by atoms with Crippen molar-refractivity contribution in [1.29, 1.82) is 0 Å². The highest BCUT2D eigenvalue weighted by Crippen LogP contribution is 2.32. The van der Waals surface area contributed by atoms with Crippen molar-refractivity contribution in [3.8, 4) is 0 Å². The maximum atomic E-state index is 12.1. The van der Waals surface area contributed by atoms with Crippen LogP contribution >= 0.6 is 11.6 Å². The summed E-state index contributed by atoms with van der Waals surface area (Å²) in [6, 6.07) is 2.06. The van der Waals surface area contributed by atoms with Crippen molar-refractivity contribution < 1.29 is 0 Å². The first-order valence-corrected chi connectivity index (χ1v) is 6.78. The summed E-state index contributed by atoms with van der Waals surface area (Å²) in [4.78, 5) is 18.9. The number of aromatic nitrogens is 3. The molecule has 0 aliphatic heterocycles. The maximum Gasteiger partial charge on any atom is 0.326 e. The molecule has 0 radical (unpaired) electrons.